The van der Waals surface area contributed by atoms with E-state index in [0.717, 1.165) is 16.3 Å². The van der Waals surface area contributed by atoms with Crippen LogP contribution in [0, 0.1) is 0 Å². The van der Waals surface area contributed by atoms with Crippen LogP contribution < -0.4 is 0 Å². The number of ether oxygens (including phenoxy) is 2. The molecule has 4 nitrogen and oxygen atoms in total. The van der Waals surface area contributed by atoms with Crippen molar-refractivity contribution in [1.29, 1.82) is 0 Å². The minimum absolute atomic E-state index is 0.112. The van der Waals surface area contributed by atoms with E-state index < -0.39 is 19.9 Å². The molecule has 0 aliphatic carbocycles. The maximum absolute atomic E-state index is 13.1. The van der Waals surface area contributed by atoms with Crippen LogP contribution in [0.3, 0.4) is 0 Å². The van der Waals surface area contributed by atoms with Crippen molar-refractivity contribution in [1.82, 2.24) is 0 Å². The molecule has 0 fully saturated rings. The number of carbonyl (C=O) groups is 1. The molecule has 154 valence electrons. The maximum Gasteiger partial charge on any atom is 0.343 e. The van der Waals surface area contributed by atoms with Crippen LogP contribution in [0.1, 0.15) is 40.2 Å². The molecule has 0 aromatic heterocycles. The van der Waals surface area contributed by atoms with E-state index in [1.165, 1.54) is 0 Å². The van der Waals surface area contributed by atoms with Crippen molar-refractivity contribution in [2.75, 3.05) is 13.7 Å². The van der Waals surface area contributed by atoms with E-state index in [0.29, 0.717) is 6.61 Å². The van der Waals surface area contributed by atoms with Gasteiger partial charge in [-0.05, 0) is 42.8 Å². The van der Waals surface area contributed by atoms with Crippen LogP contribution in [0.25, 0.3) is 10.8 Å². The van der Waals surface area contributed by atoms with Crippen LogP contribution in [0.4, 0.5) is 0 Å². The van der Waals surface area contributed by atoms with Crippen molar-refractivity contribution in [2.45, 2.75) is 64.5 Å². The van der Waals surface area contributed by atoms with E-state index in [9.17, 15) is 4.79 Å². The zero-order valence-corrected chi connectivity index (χ0v) is 19.5. The number of carbonyl (C=O) groups excluding carboxylic acids is 1. The molecule has 0 aliphatic heterocycles. The highest BCUT2D eigenvalue weighted by Crippen LogP contribution is 2.37. The van der Waals surface area contributed by atoms with Gasteiger partial charge in [-0.2, -0.15) is 0 Å². The minimum Gasteiger partial charge on any atom is -0.458 e. The summed E-state index contributed by atoms with van der Waals surface area (Å²) < 4.78 is 17.6. The molecule has 2 rings (SSSR count). The van der Waals surface area contributed by atoms with Crippen LogP contribution >= 0.6 is 0 Å². The summed E-state index contributed by atoms with van der Waals surface area (Å²) >= 11 is 0. The molecular formula is C23H34O4Si. The van der Waals surface area contributed by atoms with E-state index >= 15 is 0 Å². The normalized spacial score (nSPS) is 15.9. The molecule has 0 amide bonds. The lowest BCUT2D eigenvalue weighted by molar-refractivity contribution is -0.174. The van der Waals surface area contributed by atoms with Gasteiger partial charge >= 0.3 is 5.97 Å². The summed E-state index contributed by atoms with van der Waals surface area (Å²) in [5, 5.41) is 2.16. The SMILES string of the molecule is CO[C@](C)(C(=O)O[C@H](C)CO[Si](C)(C)C(C)(C)C)c1cccc2ccccc12. The number of hydrogen-bond acceptors (Lipinski definition) is 4. The van der Waals surface area contributed by atoms with E-state index in [1.807, 2.05) is 49.4 Å². The molecule has 0 N–H and O–H groups in total. The molecule has 0 bridgehead atoms. The van der Waals surface area contributed by atoms with Gasteiger partial charge in [0.2, 0.25) is 0 Å². The smallest absolute Gasteiger partial charge is 0.343 e. The van der Waals surface area contributed by atoms with Crippen LogP contribution in [-0.2, 0) is 24.3 Å². The predicted molar refractivity (Wildman–Crippen MR) is 117 cm³/mol. The van der Waals surface area contributed by atoms with Gasteiger partial charge in [0.25, 0.3) is 0 Å². The zero-order valence-electron chi connectivity index (χ0n) is 18.5. The Hall–Kier alpha value is -1.69. The number of rotatable bonds is 7. The monoisotopic (exact) mass is 402 g/mol. The predicted octanol–water partition coefficient (Wildman–Crippen LogP) is 5.65. The first kappa shape index (κ1) is 22.6. The standard InChI is InChI=1S/C23H34O4Si/c1-17(16-26-28(7,8)22(2,3)4)27-21(24)23(5,25-6)20-15-11-13-18-12-9-10-14-19(18)20/h9-15,17H,16H2,1-8H3/t17-,23+/m1/s1. The van der Waals surface area contributed by atoms with Crippen molar-refractivity contribution < 1.29 is 18.7 Å². The molecule has 0 radical (unpaired) electrons. The van der Waals surface area contributed by atoms with Crippen molar-refractivity contribution >= 4 is 25.1 Å². The summed E-state index contributed by atoms with van der Waals surface area (Å²) in [6.45, 7) is 15.0. The van der Waals surface area contributed by atoms with Gasteiger partial charge in [-0.1, -0.05) is 63.2 Å². The van der Waals surface area contributed by atoms with Gasteiger partial charge in [0.15, 0.2) is 13.9 Å². The first-order chi connectivity index (χ1) is 12.9. The van der Waals surface area contributed by atoms with Gasteiger partial charge < -0.3 is 13.9 Å². The summed E-state index contributed by atoms with van der Waals surface area (Å²) in [7, 11) is -0.354. The number of esters is 1. The second-order valence-electron chi connectivity index (χ2n) is 9.05. The lowest BCUT2D eigenvalue weighted by atomic mass is 9.90. The van der Waals surface area contributed by atoms with Crippen LogP contribution in [0.15, 0.2) is 42.5 Å². The molecule has 0 spiro atoms. The van der Waals surface area contributed by atoms with Crippen molar-refractivity contribution in [3.8, 4) is 0 Å². The highest BCUT2D eigenvalue weighted by Gasteiger charge is 2.40. The molecule has 0 unspecified atom stereocenters. The number of methoxy groups -OCH3 is 1. The van der Waals surface area contributed by atoms with Gasteiger partial charge in [-0.3, -0.25) is 0 Å². The average molecular weight is 403 g/mol. The molecule has 0 aliphatic rings. The minimum atomic E-state index is -1.90. The topological polar surface area (TPSA) is 44.8 Å². The van der Waals surface area contributed by atoms with Gasteiger partial charge in [-0.25, -0.2) is 4.79 Å². The van der Waals surface area contributed by atoms with Crippen LogP contribution in [0.2, 0.25) is 18.1 Å². The molecule has 2 aromatic rings. The summed E-state index contributed by atoms with van der Waals surface area (Å²) in [6, 6.07) is 13.8. The van der Waals surface area contributed by atoms with E-state index in [-0.39, 0.29) is 11.1 Å². The molecule has 28 heavy (non-hydrogen) atoms. The fraction of sp³-hybridized carbons (Fsp3) is 0.522. The van der Waals surface area contributed by atoms with Crippen molar-refractivity contribution in [3.63, 3.8) is 0 Å². The lowest BCUT2D eigenvalue weighted by Crippen LogP contribution is -2.44. The summed E-state index contributed by atoms with van der Waals surface area (Å²) in [6.07, 6.45) is -0.355. The molecular weight excluding hydrogens is 368 g/mol. The van der Waals surface area contributed by atoms with Crippen molar-refractivity contribution in [3.05, 3.63) is 48.0 Å². The van der Waals surface area contributed by atoms with Gasteiger partial charge in [0.1, 0.15) is 6.10 Å². The molecule has 2 atom stereocenters. The second kappa shape index (κ2) is 8.35. The van der Waals surface area contributed by atoms with Crippen LogP contribution in [0.5, 0.6) is 0 Å². The van der Waals surface area contributed by atoms with Gasteiger partial charge in [0, 0.05) is 12.7 Å². The summed E-state index contributed by atoms with van der Waals surface area (Å²) in [5.74, 6) is -0.405. The van der Waals surface area contributed by atoms with E-state index in [4.69, 9.17) is 13.9 Å². The van der Waals surface area contributed by atoms with Crippen molar-refractivity contribution in [2.24, 2.45) is 0 Å². The fourth-order valence-corrected chi connectivity index (χ4v) is 3.90. The average Bonchev–Trinajstić information content (AvgIpc) is 2.64. The first-order valence-corrected chi connectivity index (χ1v) is 12.7. The number of hydrogen-bond donors (Lipinski definition) is 0. The molecule has 2 aromatic carbocycles. The lowest BCUT2D eigenvalue weighted by Gasteiger charge is -2.37. The van der Waals surface area contributed by atoms with Crippen LogP contribution in [-0.4, -0.2) is 34.1 Å². The molecule has 0 saturated carbocycles. The quantitative estimate of drug-likeness (QED) is 0.443. The van der Waals surface area contributed by atoms with E-state index in [2.05, 4.69) is 33.9 Å². The fourth-order valence-electron chi connectivity index (χ4n) is 2.82. The molecule has 0 heterocycles. The van der Waals surface area contributed by atoms with E-state index in [1.54, 1.807) is 14.0 Å². The Morgan fingerprint density at radius 2 is 1.64 bits per heavy atom. The third-order valence-electron chi connectivity index (χ3n) is 5.89. The third kappa shape index (κ3) is 4.65. The Kier molecular flexibility index (Phi) is 6.74. The molecule has 0 saturated heterocycles. The Morgan fingerprint density at radius 1 is 1.04 bits per heavy atom. The maximum atomic E-state index is 13.1. The van der Waals surface area contributed by atoms with Gasteiger partial charge in [-0.15, -0.1) is 0 Å². The Labute approximate surface area is 170 Å². The summed E-state index contributed by atoms with van der Waals surface area (Å²) in [5.41, 5.74) is -0.387. The Bertz CT molecular complexity index is 819. The highest BCUT2D eigenvalue weighted by molar-refractivity contribution is 6.74. The number of fused-ring (bicyclic) bond motifs is 1. The highest BCUT2D eigenvalue weighted by atomic mass is 28.4. The largest absolute Gasteiger partial charge is 0.458 e. The number of benzene rings is 2. The second-order valence-corrected chi connectivity index (χ2v) is 13.9. The Morgan fingerprint density at radius 3 is 2.25 bits per heavy atom. The third-order valence-corrected chi connectivity index (χ3v) is 10.4. The zero-order chi connectivity index (χ0) is 21.2. The molecule has 5 heteroatoms. The summed E-state index contributed by atoms with van der Waals surface area (Å²) in [4.78, 5) is 13.1. The van der Waals surface area contributed by atoms with Gasteiger partial charge in [0.05, 0.1) is 6.61 Å². The first-order valence-electron chi connectivity index (χ1n) is 9.81. The Balaban J connectivity index is 2.18.